The fourth-order valence-electron chi connectivity index (χ4n) is 1.08. The van der Waals surface area contributed by atoms with Gasteiger partial charge in [-0.2, -0.15) is 0 Å². The van der Waals surface area contributed by atoms with Gasteiger partial charge in [0, 0.05) is 12.7 Å². The van der Waals surface area contributed by atoms with E-state index in [1.165, 1.54) is 6.08 Å². The van der Waals surface area contributed by atoms with Crippen LogP contribution >= 0.6 is 0 Å². The summed E-state index contributed by atoms with van der Waals surface area (Å²) in [7, 11) is 0. The fraction of sp³-hybridized carbons (Fsp3) is 0.714. The molecule has 1 saturated heterocycles. The second-order valence-electron chi connectivity index (χ2n) is 2.53. The molecule has 4 heteroatoms. The largest absolute Gasteiger partial charge is 0.374 e. The molecule has 1 rings (SSSR count). The van der Waals surface area contributed by atoms with Crippen molar-refractivity contribution >= 4 is 0 Å². The lowest BCUT2D eigenvalue weighted by molar-refractivity contribution is -0.403. The average molecular weight is 157 g/mol. The number of hydrogen-bond donors (Lipinski definition) is 0. The molecule has 11 heavy (non-hydrogen) atoms. The Morgan fingerprint density at radius 3 is 2.91 bits per heavy atom. The molecule has 0 aromatic rings. The number of ether oxygens (including phenoxy) is 1. The van der Waals surface area contributed by atoms with Crippen molar-refractivity contribution in [1.82, 2.24) is 0 Å². The lowest BCUT2D eigenvalue weighted by Gasteiger charge is -2.17. The van der Waals surface area contributed by atoms with Crippen LogP contribution in [-0.2, 0) is 4.74 Å². The van der Waals surface area contributed by atoms with Crippen LogP contribution in [0.4, 0.5) is 0 Å². The molecule has 0 aromatic carbocycles. The van der Waals surface area contributed by atoms with Gasteiger partial charge in [-0.25, -0.2) is 0 Å². The Kier molecular flexibility index (Phi) is 3.04. The zero-order valence-electron chi connectivity index (χ0n) is 6.23. The van der Waals surface area contributed by atoms with Gasteiger partial charge in [0.05, 0.1) is 11.0 Å². The van der Waals surface area contributed by atoms with E-state index in [1.54, 1.807) is 0 Å². The monoisotopic (exact) mass is 157 g/mol. The lowest BCUT2D eigenvalue weighted by Crippen LogP contribution is -2.16. The predicted octanol–water partition coefficient (Wildman–Crippen LogP) is 1.35. The second kappa shape index (κ2) is 4.08. The van der Waals surface area contributed by atoms with Gasteiger partial charge < -0.3 is 4.74 Å². The minimum Gasteiger partial charge on any atom is -0.374 e. The van der Waals surface area contributed by atoms with Crippen LogP contribution < -0.4 is 0 Å². The molecule has 1 atom stereocenters. The number of nitro groups is 1. The van der Waals surface area contributed by atoms with E-state index in [0.717, 1.165) is 32.1 Å². The zero-order valence-corrected chi connectivity index (χ0v) is 6.23. The minimum atomic E-state index is -0.460. The molecular formula is C7H11NO3. The summed E-state index contributed by atoms with van der Waals surface area (Å²) in [5.41, 5.74) is 0. The van der Waals surface area contributed by atoms with E-state index in [1.807, 2.05) is 0 Å². The number of hydrogen-bond acceptors (Lipinski definition) is 3. The van der Waals surface area contributed by atoms with E-state index in [4.69, 9.17) is 4.74 Å². The third-order valence-corrected chi connectivity index (χ3v) is 1.64. The van der Waals surface area contributed by atoms with Crippen molar-refractivity contribution in [2.24, 2.45) is 0 Å². The Bertz CT molecular complexity index is 161. The number of nitrogens with zero attached hydrogens (tertiary/aromatic N) is 1. The lowest BCUT2D eigenvalue weighted by atomic mass is 10.1. The van der Waals surface area contributed by atoms with Gasteiger partial charge in [0.1, 0.15) is 0 Å². The fourth-order valence-corrected chi connectivity index (χ4v) is 1.08. The third kappa shape index (κ3) is 3.13. The molecule has 0 aromatic heterocycles. The molecule has 0 bridgehead atoms. The molecule has 0 amide bonds. The maximum Gasteiger partial charge on any atom is 0.233 e. The van der Waals surface area contributed by atoms with Crippen molar-refractivity contribution in [2.75, 3.05) is 6.61 Å². The molecule has 1 heterocycles. The summed E-state index contributed by atoms with van der Waals surface area (Å²) in [6.07, 6.45) is 5.52. The first-order valence-corrected chi connectivity index (χ1v) is 3.72. The summed E-state index contributed by atoms with van der Waals surface area (Å²) >= 11 is 0. The van der Waals surface area contributed by atoms with Crippen LogP contribution in [0.1, 0.15) is 19.3 Å². The molecule has 0 N–H and O–H groups in total. The predicted molar refractivity (Wildman–Crippen MR) is 39.7 cm³/mol. The molecular weight excluding hydrogens is 146 g/mol. The van der Waals surface area contributed by atoms with Crippen molar-refractivity contribution in [1.29, 1.82) is 0 Å². The van der Waals surface area contributed by atoms with E-state index >= 15 is 0 Å². The summed E-state index contributed by atoms with van der Waals surface area (Å²) in [6.45, 7) is 0.729. The Labute approximate surface area is 65.0 Å². The smallest absolute Gasteiger partial charge is 0.233 e. The third-order valence-electron chi connectivity index (χ3n) is 1.64. The Morgan fingerprint density at radius 2 is 2.36 bits per heavy atom. The zero-order chi connectivity index (χ0) is 8.10. The maximum absolute atomic E-state index is 9.91. The SMILES string of the molecule is O=[N+]([O-])/C=C/[C@@H]1CCCCO1. The highest BCUT2D eigenvalue weighted by Gasteiger charge is 2.10. The highest BCUT2D eigenvalue weighted by Crippen LogP contribution is 2.13. The van der Waals surface area contributed by atoms with Gasteiger partial charge >= 0.3 is 0 Å². The summed E-state index contributed by atoms with van der Waals surface area (Å²) < 4.78 is 5.24. The van der Waals surface area contributed by atoms with E-state index in [2.05, 4.69) is 0 Å². The molecule has 0 aliphatic carbocycles. The summed E-state index contributed by atoms with van der Waals surface area (Å²) in [6, 6.07) is 0. The molecule has 62 valence electrons. The van der Waals surface area contributed by atoms with Gasteiger partial charge in [0.15, 0.2) is 0 Å². The van der Waals surface area contributed by atoms with Gasteiger partial charge in [-0.05, 0) is 19.3 Å². The van der Waals surface area contributed by atoms with Crippen LogP contribution in [0.3, 0.4) is 0 Å². The highest BCUT2D eigenvalue weighted by atomic mass is 16.6. The van der Waals surface area contributed by atoms with Crippen molar-refractivity contribution in [2.45, 2.75) is 25.4 Å². The van der Waals surface area contributed by atoms with Crippen molar-refractivity contribution in [3.63, 3.8) is 0 Å². The first-order valence-electron chi connectivity index (χ1n) is 3.72. The molecule has 0 spiro atoms. The Hall–Kier alpha value is -0.900. The van der Waals surface area contributed by atoms with Crippen LogP contribution in [0.2, 0.25) is 0 Å². The van der Waals surface area contributed by atoms with Crippen molar-refractivity contribution in [3.8, 4) is 0 Å². The van der Waals surface area contributed by atoms with E-state index < -0.39 is 4.92 Å². The van der Waals surface area contributed by atoms with Crippen LogP contribution in [0, 0.1) is 10.1 Å². The second-order valence-corrected chi connectivity index (χ2v) is 2.53. The van der Waals surface area contributed by atoms with Crippen molar-refractivity contribution in [3.05, 3.63) is 22.4 Å². The molecule has 1 aliphatic heterocycles. The van der Waals surface area contributed by atoms with Gasteiger partial charge in [0.2, 0.25) is 6.20 Å². The highest BCUT2D eigenvalue weighted by molar-refractivity contribution is 4.85. The number of rotatable bonds is 2. The standard InChI is InChI=1S/C7H11NO3/c9-8(10)5-4-7-3-1-2-6-11-7/h4-5,7H,1-3,6H2/b5-4+/t7-/m0/s1. The van der Waals surface area contributed by atoms with Gasteiger partial charge in [-0.15, -0.1) is 0 Å². The topological polar surface area (TPSA) is 52.4 Å². The van der Waals surface area contributed by atoms with Crippen LogP contribution in [-0.4, -0.2) is 17.6 Å². The van der Waals surface area contributed by atoms with Gasteiger partial charge in [-0.1, -0.05) is 0 Å². The average Bonchev–Trinajstić information content (AvgIpc) is 2.03. The van der Waals surface area contributed by atoms with Gasteiger partial charge in [0.25, 0.3) is 0 Å². The molecule has 1 aliphatic rings. The van der Waals surface area contributed by atoms with Crippen LogP contribution in [0.15, 0.2) is 12.3 Å². The molecule has 0 radical (unpaired) electrons. The molecule has 0 unspecified atom stereocenters. The first kappa shape index (κ1) is 8.20. The van der Waals surface area contributed by atoms with E-state index in [0.29, 0.717) is 0 Å². The maximum atomic E-state index is 9.91. The van der Waals surface area contributed by atoms with Crippen molar-refractivity contribution < 1.29 is 9.66 Å². The quantitative estimate of drug-likeness (QED) is 0.449. The van der Waals surface area contributed by atoms with Gasteiger partial charge in [-0.3, -0.25) is 10.1 Å². The summed E-state index contributed by atoms with van der Waals surface area (Å²) in [4.78, 5) is 9.44. The minimum absolute atomic E-state index is 0.0332. The first-order chi connectivity index (χ1) is 5.29. The van der Waals surface area contributed by atoms with Crippen LogP contribution in [0.25, 0.3) is 0 Å². The summed E-state index contributed by atoms with van der Waals surface area (Å²) in [5, 5.41) is 9.91. The Balaban J connectivity index is 2.29. The molecule has 0 saturated carbocycles. The normalized spacial score (nSPS) is 25.6. The Morgan fingerprint density at radius 1 is 1.55 bits per heavy atom. The van der Waals surface area contributed by atoms with E-state index in [-0.39, 0.29) is 6.10 Å². The molecule has 4 nitrogen and oxygen atoms in total. The molecule has 1 fully saturated rings. The summed E-state index contributed by atoms with van der Waals surface area (Å²) in [5.74, 6) is 0. The van der Waals surface area contributed by atoms with Crippen LogP contribution in [0.5, 0.6) is 0 Å². The van der Waals surface area contributed by atoms with E-state index in [9.17, 15) is 10.1 Å².